The zero-order valence-electron chi connectivity index (χ0n) is 14.2. The van der Waals surface area contributed by atoms with Gasteiger partial charge < -0.3 is 15.0 Å². The molecule has 26 heavy (non-hydrogen) atoms. The summed E-state index contributed by atoms with van der Waals surface area (Å²) in [5, 5.41) is 3.28. The van der Waals surface area contributed by atoms with Gasteiger partial charge in [-0.05, 0) is 54.0 Å². The van der Waals surface area contributed by atoms with Crippen molar-refractivity contribution in [3.8, 4) is 5.06 Å². The second kappa shape index (κ2) is 7.55. The van der Waals surface area contributed by atoms with Gasteiger partial charge in [0.25, 0.3) is 0 Å². The molecule has 1 aromatic carbocycles. The first-order valence-corrected chi connectivity index (χ1v) is 9.97. The van der Waals surface area contributed by atoms with Crippen molar-refractivity contribution in [2.24, 2.45) is 11.8 Å². The van der Waals surface area contributed by atoms with E-state index in [1.165, 1.54) is 23.3 Å². The molecule has 1 saturated carbocycles. The Kier molecular flexibility index (Phi) is 5.16. The van der Waals surface area contributed by atoms with Gasteiger partial charge in [-0.3, -0.25) is 0 Å². The third-order valence-electron chi connectivity index (χ3n) is 5.38. The van der Waals surface area contributed by atoms with Crippen LogP contribution in [0.15, 0.2) is 36.4 Å². The highest BCUT2D eigenvalue weighted by atomic mass is 35.5. The lowest BCUT2D eigenvalue weighted by atomic mass is 9.64. The average Bonchev–Trinajstić information content (AvgIpc) is 3.14. The average molecular weight is 395 g/mol. The number of hydrogen-bond acceptors (Lipinski definition) is 4. The number of thiophene rings is 1. The Morgan fingerprint density at radius 1 is 1.27 bits per heavy atom. The number of amides is 1. The first-order chi connectivity index (χ1) is 12.6. The fraction of sp³-hybridized carbons (Fsp3) is 0.421. The van der Waals surface area contributed by atoms with Crippen LogP contribution in [0.5, 0.6) is 5.06 Å². The van der Waals surface area contributed by atoms with Crippen molar-refractivity contribution in [1.82, 2.24) is 10.2 Å². The quantitative estimate of drug-likeness (QED) is 0.819. The Morgan fingerprint density at radius 3 is 2.81 bits per heavy atom. The van der Waals surface area contributed by atoms with Gasteiger partial charge in [-0.15, -0.1) is 0 Å². The molecule has 3 atom stereocenters. The molecule has 4 nitrogen and oxygen atoms in total. The number of carbonyl (C=O) groups is 1. The minimum atomic E-state index is -0.449. The van der Waals surface area contributed by atoms with Crippen LogP contribution in [0.3, 0.4) is 0 Å². The molecule has 4 rings (SSSR count). The molecule has 1 saturated heterocycles. The number of benzene rings is 1. The number of hydrogen-bond donors (Lipinski definition) is 1. The number of ether oxygens (including phenoxy) is 1. The molecule has 2 fully saturated rings. The van der Waals surface area contributed by atoms with Gasteiger partial charge in [0.2, 0.25) is 0 Å². The monoisotopic (exact) mass is 394 g/mol. The summed E-state index contributed by atoms with van der Waals surface area (Å²) in [6.45, 7) is 3.46. The topological polar surface area (TPSA) is 41.6 Å². The second-order valence-electron chi connectivity index (χ2n) is 6.95. The van der Waals surface area contributed by atoms with E-state index in [0.29, 0.717) is 33.7 Å². The Hall–Kier alpha value is -1.63. The van der Waals surface area contributed by atoms with E-state index >= 15 is 0 Å². The molecule has 138 valence electrons. The van der Waals surface area contributed by atoms with Crippen LogP contribution in [0.4, 0.5) is 9.18 Å². The van der Waals surface area contributed by atoms with Crippen molar-refractivity contribution in [3.63, 3.8) is 0 Å². The molecule has 1 aliphatic heterocycles. The van der Waals surface area contributed by atoms with Crippen LogP contribution < -0.4 is 10.1 Å². The van der Waals surface area contributed by atoms with Gasteiger partial charge in [0.1, 0.15) is 5.82 Å². The van der Waals surface area contributed by atoms with Crippen LogP contribution in [-0.4, -0.2) is 37.2 Å². The number of rotatable bonds is 5. The summed E-state index contributed by atoms with van der Waals surface area (Å²) in [4.78, 5) is 14.2. The number of fused-ring (bicyclic) bond motifs is 1. The normalized spacial score (nSPS) is 24.8. The van der Waals surface area contributed by atoms with Crippen molar-refractivity contribution in [1.29, 1.82) is 0 Å². The molecular weight excluding hydrogens is 375 g/mol. The first-order valence-electron chi connectivity index (χ1n) is 8.77. The largest absolute Gasteiger partial charge is 0.413 e. The minimum absolute atomic E-state index is 0.180. The molecule has 1 aromatic heterocycles. The summed E-state index contributed by atoms with van der Waals surface area (Å²) < 4.78 is 18.9. The molecule has 2 heterocycles. The van der Waals surface area contributed by atoms with Gasteiger partial charge in [-0.25, -0.2) is 9.18 Å². The smallest absolute Gasteiger partial charge is 0.399 e. The standard InChI is InChI=1S/C19H20ClFN2O2S/c20-17-5-6-18(26-17)25-19(24)22-7-8-23-10-13-9-15(16(13)11-23)12-1-3-14(21)4-2-12/h1-6,13,15-16H,7-11H2,(H,22,24). The lowest BCUT2D eigenvalue weighted by Crippen LogP contribution is -2.35. The Bertz CT molecular complexity index is 782. The van der Waals surface area contributed by atoms with Gasteiger partial charge in [0.15, 0.2) is 5.06 Å². The lowest BCUT2D eigenvalue weighted by Gasteiger charge is -2.40. The zero-order chi connectivity index (χ0) is 18.1. The Labute approximate surface area is 160 Å². The number of carbonyl (C=O) groups excluding carboxylic acids is 1. The molecule has 7 heteroatoms. The van der Waals surface area contributed by atoms with E-state index < -0.39 is 6.09 Å². The maximum Gasteiger partial charge on any atom is 0.413 e. The Morgan fingerprint density at radius 2 is 2.08 bits per heavy atom. The molecule has 1 aliphatic carbocycles. The molecule has 1 N–H and O–H groups in total. The van der Waals surface area contributed by atoms with E-state index in [2.05, 4.69) is 10.2 Å². The van der Waals surface area contributed by atoms with E-state index in [-0.39, 0.29) is 5.82 Å². The van der Waals surface area contributed by atoms with Gasteiger partial charge in [-0.2, -0.15) is 0 Å². The van der Waals surface area contributed by atoms with Crippen molar-refractivity contribution in [2.75, 3.05) is 26.2 Å². The summed E-state index contributed by atoms with van der Waals surface area (Å²) in [6, 6.07) is 10.3. The number of nitrogens with one attached hydrogen (secondary N) is 1. The summed E-state index contributed by atoms with van der Waals surface area (Å²) in [5.41, 5.74) is 1.24. The highest BCUT2D eigenvalue weighted by Crippen LogP contribution is 2.51. The molecule has 3 unspecified atom stereocenters. The van der Waals surface area contributed by atoms with Crippen LogP contribution >= 0.6 is 22.9 Å². The second-order valence-corrected chi connectivity index (χ2v) is 8.63. The zero-order valence-corrected chi connectivity index (χ0v) is 15.7. The maximum absolute atomic E-state index is 13.1. The van der Waals surface area contributed by atoms with Gasteiger partial charge >= 0.3 is 6.09 Å². The molecule has 2 aromatic rings. The number of likely N-dealkylation sites (tertiary alicyclic amines) is 1. The number of nitrogens with zero attached hydrogens (tertiary/aromatic N) is 1. The van der Waals surface area contributed by atoms with Crippen LogP contribution in [0.2, 0.25) is 4.34 Å². The molecule has 1 amide bonds. The van der Waals surface area contributed by atoms with E-state index in [0.717, 1.165) is 19.6 Å². The molecule has 0 radical (unpaired) electrons. The summed E-state index contributed by atoms with van der Waals surface area (Å²) in [7, 11) is 0. The van der Waals surface area contributed by atoms with Crippen LogP contribution in [-0.2, 0) is 0 Å². The first kappa shape index (κ1) is 17.8. The number of halogens is 2. The van der Waals surface area contributed by atoms with Crippen molar-refractivity contribution < 1.29 is 13.9 Å². The predicted molar refractivity (Wildman–Crippen MR) is 101 cm³/mol. The molecule has 2 aliphatic rings. The third kappa shape index (κ3) is 3.87. The van der Waals surface area contributed by atoms with Crippen LogP contribution in [0.1, 0.15) is 17.9 Å². The SMILES string of the molecule is O=C(NCCN1CC2CC(c3ccc(F)cc3)C2C1)Oc1ccc(Cl)s1. The highest BCUT2D eigenvalue weighted by molar-refractivity contribution is 7.17. The van der Waals surface area contributed by atoms with E-state index in [9.17, 15) is 9.18 Å². The third-order valence-corrected chi connectivity index (χ3v) is 6.49. The minimum Gasteiger partial charge on any atom is -0.399 e. The fourth-order valence-corrected chi connectivity index (χ4v) is 4.94. The predicted octanol–water partition coefficient (Wildman–Crippen LogP) is 4.36. The van der Waals surface area contributed by atoms with E-state index in [1.807, 2.05) is 12.1 Å². The summed E-state index contributed by atoms with van der Waals surface area (Å²) >= 11 is 7.04. The highest BCUT2D eigenvalue weighted by Gasteiger charge is 2.47. The molecule has 0 bridgehead atoms. The molecule has 0 spiro atoms. The van der Waals surface area contributed by atoms with Crippen molar-refractivity contribution >= 4 is 29.0 Å². The van der Waals surface area contributed by atoms with Crippen molar-refractivity contribution in [3.05, 3.63) is 52.1 Å². The summed E-state index contributed by atoms with van der Waals surface area (Å²) in [6.07, 6.45) is 0.719. The molecular formula is C19H20ClFN2O2S. The fourth-order valence-electron chi connectivity index (χ4n) is 4.07. The van der Waals surface area contributed by atoms with Gasteiger partial charge in [-0.1, -0.05) is 35.1 Å². The lowest BCUT2D eigenvalue weighted by molar-refractivity contribution is 0.191. The van der Waals surface area contributed by atoms with Crippen LogP contribution in [0.25, 0.3) is 0 Å². The van der Waals surface area contributed by atoms with Crippen LogP contribution in [0, 0.1) is 17.7 Å². The van der Waals surface area contributed by atoms with E-state index in [1.54, 1.807) is 24.3 Å². The maximum atomic E-state index is 13.1. The Balaban J connectivity index is 1.20. The van der Waals surface area contributed by atoms with Crippen molar-refractivity contribution in [2.45, 2.75) is 12.3 Å². The van der Waals surface area contributed by atoms with Gasteiger partial charge in [0, 0.05) is 26.2 Å². The summed E-state index contributed by atoms with van der Waals surface area (Å²) in [5.74, 6) is 1.71. The van der Waals surface area contributed by atoms with E-state index in [4.69, 9.17) is 16.3 Å². The van der Waals surface area contributed by atoms with Gasteiger partial charge in [0.05, 0.1) is 4.34 Å².